The fraction of sp³-hybridized carbons (Fsp3) is 0.286. The number of nitrogens with zero attached hydrogens (tertiary/aromatic N) is 1. The van der Waals surface area contributed by atoms with E-state index in [1.165, 1.54) is 33.8 Å². The van der Waals surface area contributed by atoms with E-state index in [0.717, 1.165) is 35.0 Å². The minimum absolute atomic E-state index is 0.194. The molecule has 1 saturated heterocycles. The summed E-state index contributed by atoms with van der Waals surface area (Å²) in [6, 6.07) is 12.3. The summed E-state index contributed by atoms with van der Waals surface area (Å²) >= 11 is 8.56. The highest BCUT2D eigenvalue weighted by Crippen LogP contribution is 2.37. The molecule has 31 heavy (non-hydrogen) atoms. The molecule has 1 fully saturated rings. The lowest BCUT2D eigenvalue weighted by molar-refractivity contribution is -0.118. The molecule has 0 unspecified atom stereocenters. The number of thiophene rings is 2. The van der Waals surface area contributed by atoms with Crippen LogP contribution >= 0.6 is 34.3 Å². The smallest absolute Gasteiger partial charge is 0.250 e. The molecular weight excluding hydrogens is 474 g/mol. The summed E-state index contributed by atoms with van der Waals surface area (Å²) in [7, 11) is -3.79. The van der Waals surface area contributed by atoms with Gasteiger partial charge in [-0.1, -0.05) is 17.7 Å². The average molecular weight is 494 g/mol. The minimum atomic E-state index is -3.79. The van der Waals surface area contributed by atoms with Gasteiger partial charge in [-0.25, -0.2) is 8.42 Å². The molecule has 2 aliphatic rings. The van der Waals surface area contributed by atoms with Gasteiger partial charge in [-0.3, -0.25) is 4.79 Å². The number of amides is 1. The predicted octanol–water partition coefficient (Wildman–Crippen LogP) is 3.86. The number of fused-ring (bicyclic) bond motifs is 1. The number of benzene rings is 1. The second-order valence-corrected chi connectivity index (χ2v) is 12.3. The molecule has 1 atom stereocenters. The lowest BCUT2D eigenvalue weighted by atomic mass is 10.0. The van der Waals surface area contributed by atoms with E-state index in [4.69, 9.17) is 11.6 Å². The Kier molecular flexibility index (Phi) is 5.66. The van der Waals surface area contributed by atoms with E-state index in [1.807, 2.05) is 18.2 Å². The number of rotatable bonds is 5. The largest absolute Gasteiger partial charge is 0.312 e. The molecule has 2 aliphatic heterocycles. The summed E-state index contributed by atoms with van der Waals surface area (Å²) in [4.78, 5) is 16.4. The molecule has 0 spiro atoms. The van der Waals surface area contributed by atoms with Crippen LogP contribution in [0.25, 0.3) is 9.75 Å². The first kappa shape index (κ1) is 21.1. The zero-order valence-electron chi connectivity index (χ0n) is 16.4. The van der Waals surface area contributed by atoms with Crippen LogP contribution in [-0.4, -0.2) is 33.5 Å². The van der Waals surface area contributed by atoms with Crippen molar-refractivity contribution in [2.24, 2.45) is 0 Å². The Bertz CT molecular complexity index is 1250. The third-order valence-corrected chi connectivity index (χ3v) is 10.0. The predicted molar refractivity (Wildman–Crippen MR) is 126 cm³/mol. The first-order chi connectivity index (χ1) is 14.9. The molecule has 5 rings (SSSR count). The van der Waals surface area contributed by atoms with E-state index in [0.29, 0.717) is 17.3 Å². The molecular formula is C21H20ClN3O3S3. The number of hydrogen-bond donors (Lipinski definition) is 2. The van der Waals surface area contributed by atoms with Crippen LogP contribution in [0.15, 0.2) is 46.7 Å². The molecule has 0 aliphatic carbocycles. The van der Waals surface area contributed by atoms with Crippen LogP contribution in [0.5, 0.6) is 0 Å². The Labute approximate surface area is 193 Å². The highest BCUT2D eigenvalue weighted by Gasteiger charge is 2.36. The molecule has 0 bridgehead atoms. The first-order valence-electron chi connectivity index (χ1n) is 9.92. The minimum Gasteiger partial charge on any atom is -0.312 e. The van der Waals surface area contributed by atoms with Gasteiger partial charge in [0.05, 0.1) is 4.34 Å². The third-order valence-electron chi connectivity index (χ3n) is 5.55. The van der Waals surface area contributed by atoms with Gasteiger partial charge < -0.3 is 10.2 Å². The van der Waals surface area contributed by atoms with Gasteiger partial charge in [0, 0.05) is 28.5 Å². The molecule has 1 aromatic carbocycles. The van der Waals surface area contributed by atoms with Crippen molar-refractivity contribution in [3.8, 4) is 9.75 Å². The number of hydrogen-bond acceptors (Lipinski definition) is 6. The summed E-state index contributed by atoms with van der Waals surface area (Å²) in [6.07, 6.45) is 1.37. The molecule has 0 saturated carbocycles. The zero-order valence-corrected chi connectivity index (χ0v) is 19.6. The Morgan fingerprint density at radius 3 is 2.68 bits per heavy atom. The Hall–Kier alpha value is -1.75. The van der Waals surface area contributed by atoms with Crippen LogP contribution in [0.1, 0.15) is 17.5 Å². The average Bonchev–Trinajstić information content (AvgIpc) is 3.49. The monoisotopic (exact) mass is 493 g/mol. The fourth-order valence-electron chi connectivity index (χ4n) is 3.97. The quantitative estimate of drug-likeness (QED) is 0.565. The van der Waals surface area contributed by atoms with Crippen LogP contribution in [0.3, 0.4) is 0 Å². The van der Waals surface area contributed by atoms with Crippen molar-refractivity contribution in [1.29, 1.82) is 0 Å². The molecule has 0 radical (unpaired) electrons. The van der Waals surface area contributed by atoms with Crippen molar-refractivity contribution in [2.75, 3.05) is 18.0 Å². The second-order valence-electron chi connectivity index (χ2n) is 7.55. The highest BCUT2D eigenvalue weighted by molar-refractivity contribution is 7.91. The Balaban J connectivity index is 1.31. The molecule has 2 N–H and O–H groups in total. The summed E-state index contributed by atoms with van der Waals surface area (Å²) in [6.45, 7) is 2.26. The molecule has 10 heteroatoms. The topological polar surface area (TPSA) is 78.5 Å². The number of halogens is 1. The Morgan fingerprint density at radius 1 is 1.06 bits per heavy atom. The number of sulfonamides is 1. The molecule has 3 aromatic rings. The van der Waals surface area contributed by atoms with E-state index in [1.54, 1.807) is 23.1 Å². The van der Waals surface area contributed by atoms with Crippen molar-refractivity contribution in [2.45, 2.75) is 29.6 Å². The van der Waals surface area contributed by atoms with Gasteiger partial charge in [0.2, 0.25) is 5.91 Å². The van der Waals surface area contributed by atoms with Crippen molar-refractivity contribution in [3.63, 3.8) is 0 Å². The van der Waals surface area contributed by atoms with Crippen molar-refractivity contribution < 1.29 is 13.2 Å². The number of anilines is 1. The summed E-state index contributed by atoms with van der Waals surface area (Å²) in [5, 5.41) is 3.34. The molecule has 4 heterocycles. The maximum Gasteiger partial charge on any atom is 0.250 e. The zero-order chi connectivity index (χ0) is 21.6. The van der Waals surface area contributed by atoms with Gasteiger partial charge >= 0.3 is 0 Å². The van der Waals surface area contributed by atoms with Gasteiger partial charge in [0.25, 0.3) is 10.0 Å². The lowest BCUT2D eigenvalue weighted by Crippen LogP contribution is -2.41. The summed E-state index contributed by atoms with van der Waals surface area (Å²) in [5.74, 6) is -0.209. The van der Waals surface area contributed by atoms with Crippen LogP contribution in [0.2, 0.25) is 4.34 Å². The number of carbonyl (C=O) groups excluding carboxylic acids is 1. The van der Waals surface area contributed by atoms with E-state index in [9.17, 15) is 13.2 Å². The molecule has 1 amide bonds. The van der Waals surface area contributed by atoms with E-state index in [2.05, 4.69) is 16.1 Å². The fourth-order valence-corrected chi connectivity index (χ4v) is 7.65. The molecule has 6 nitrogen and oxygen atoms in total. The maximum atomic E-state index is 13.0. The van der Waals surface area contributed by atoms with Crippen molar-refractivity contribution >= 4 is 55.9 Å². The maximum absolute atomic E-state index is 13.0. The normalized spacial score (nSPS) is 19.1. The van der Waals surface area contributed by atoms with Gasteiger partial charge in [0.1, 0.15) is 10.3 Å². The molecule has 162 valence electrons. The van der Waals surface area contributed by atoms with Crippen LogP contribution < -0.4 is 14.9 Å². The van der Waals surface area contributed by atoms with Crippen LogP contribution in [-0.2, 0) is 27.8 Å². The van der Waals surface area contributed by atoms with Gasteiger partial charge in [0.15, 0.2) is 0 Å². The highest BCUT2D eigenvalue weighted by atomic mass is 35.5. The first-order valence-corrected chi connectivity index (χ1v) is 13.4. The van der Waals surface area contributed by atoms with Crippen molar-refractivity contribution in [3.05, 3.63) is 57.9 Å². The summed E-state index contributed by atoms with van der Waals surface area (Å²) < 4.78 is 29.3. The lowest BCUT2D eigenvalue weighted by Gasteiger charge is -2.22. The van der Waals surface area contributed by atoms with Crippen LogP contribution in [0, 0.1) is 0 Å². The van der Waals surface area contributed by atoms with E-state index < -0.39 is 16.1 Å². The molecule has 2 aromatic heterocycles. The van der Waals surface area contributed by atoms with E-state index in [-0.39, 0.29) is 10.1 Å². The van der Waals surface area contributed by atoms with E-state index >= 15 is 0 Å². The summed E-state index contributed by atoms with van der Waals surface area (Å²) in [5.41, 5.74) is 3.33. The standard InChI is InChI=1S/C21H20ClN3O3S3/c22-19-5-3-17(29-19)18-4-6-20(30-18)31(27,28)24-16-8-10-25(21(16)26)15-2-1-14-12-23-9-7-13(14)11-15/h1-6,11,16,23-24H,7-10,12H2/t16-/m0/s1. The van der Waals surface area contributed by atoms with Crippen molar-refractivity contribution in [1.82, 2.24) is 10.0 Å². The number of carbonyl (C=O) groups is 1. The number of nitrogens with one attached hydrogen (secondary N) is 2. The second kappa shape index (κ2) is 8.31. The Morgan fingerprint density at radius 2 is 1.87 bits per heavy atom. The van der Waals surface area contributed by atoms with Gasteiger partial charge in [-0.05, 0) is 66.9 Å². The third kappa shape index (κ3) is 4.18. The van der Waals surface area contributed by atoms with Gasteiger partial charge in [-0.15, -0.1) is 22.7 Å². The SMILES string of the molecule is O=C1[C@@H](NS(=O)(=O)c2ccc(-c3ccc(Cl)s3)s2)CCN1c1ccc2c(c1)CCNC2. The van der Waals surface area contributed by atoms with Crippen LogP contribution in [0.4, 0.5) is 5.69 Å². The van der Waals surface area contributed by atoms with Gasteiger partial charge in [-0.2, -0.15) is 4.72 Å².